The second-order valence-electron chi connectivity index (χ2n) is 6.52. The molecule has 11 heteroatoms. The van der Waals surface area contributed by atoms with E-state index in [4.69, 9.17) is 4.52 Å². The molecule has 0 bridgehead atoms. The topological polar surface area (TPSA) is 122 Å². The first-order valence-corrected chi connectivity index (χ1v) is 11.5. The lowest BCUT2D eigenvalue weighted by atomic mass is 10.0. The predicted octanol–water partition coefficient (Wildman–Crippen LogP) is 1.41. The molecule has 0 spiro atoms. The van der Waals surface area contributed by atoms with Gasteiger partial charge in [0.2, 0.25) is 15.9 Å². The fourth-order valence-electron chi connectivity index (χ4n) is 2.85. The molecule has 3 rings (SSSR count). The van der Waals surface area contributed by atoms with Crippen molar-refractivity contribution in [1.82, 2.24) is 14.8 Å². The van der Waals surface area contributed by atoms with Crippen LogP contribution in [0.2, 0.25) is 0 Å². The normalized spacial score (nSPS) is 15.5. The van der Waals surface area contributed by atoms with Crippen LogP contribution in [0.25, 0.3) is 5.57 Å². The van der Waals surface area contributed by atoms with Crippen molar-refractivity contribution in [2.45, 2.75) is 23.1 Å². The molecular formula is C17H22N4O5S2. The van der Waals surface area contributed by atoms with Crippen LogP contribution in [0, 0.1) is 6.92 Å². The lowest BCUT2D eigenvalue weighted by Gasteiger charge is -2.15. The summed E-state index contributed by atoms with van der Waals surface area (Å²) >= 11 is 0. The van der Waals surface area contributed by atoms with Gasteiger partial charge in [0.1, 0.15) is 0 Å². The van der Waals surface area contributed by atoms with Gasteiger partial charge < -0.3 is 9.84 Å². The second kappa shape index (κ2) is 7.66. The second-order valence-corrected chi connectivity index (χ2v) is 10.4. The van der Waals surface area contributed by atoms with Crippen LogP contribution in [-0.4, -0.2) is 53.5 Å². The lowest BCUT2D eigenvalue weighted by Crippen LogP contribution is -2.22. The first-order chi connectivity index (χ1) is 13.1. The zero-order chi connectivity index (χ0) is 20.5. The molecule has 0 fully saturated rings. The van der Waals surface area contributed by atoms with Crippen LogP contribution in [0.3, 0.4) is 0 Å². The smallest absolute Gasteiger partial charge is 0.264 e. The summed E-state index contributed by atoms with van der Waals surface area (Å²) in [5.41, 5.74) is 2.19. The Labute approximate surface area is 164 Å². The average molecular weight is 427 g/mol. The Morgan fingerprint density at radius 2 is 1.75 bits per heavy atom. The van der Waals surface area contributed by atoms with Crippen LogP contribution in [0.4, 0.5) is 5.88 Å². The van der Waals surface area contributed by atoms with Crippen LogP contribution >= 0.6 is 0 Å². The van der Waals surface area contributed by atoms with E-state index in [1.165, 1.54) is 38.4 Å². The Bertz CT molecular complexity index is 1100. The number of benzene rings is 1. The van der Waals surface area contributed by atoms with Gasteiger partial charge in [0.25, 0.3) is 10.0 Å². The third-order valence-corrected chi connectivity index (χ3v) is 7.56. The number of aryl methyl sites for hydroxylation is 1. The molecule has 1 aromatic carbocycles. The van der Waals surface area contributed by atoms with Gasteiger partial charge in [0.05, 0.1) is 21.0 Å². The summed E-state index contributed by atoms with van der Waals surface area (Å²) in [6, 6.07) is 4.99. The maximum atomic E-state index is 12.8. The van der Waals surface area contributed by atoms with E-state index in [0.29, 0.717) is 17.8 Å². The number of aromatic nitrogens is 1. The van der Waals surface area contributed by atoms with E-state index in [0.717, 1.165) is 22.8 Å². The van der Waals surface area contributed by atoms with Gasteiger partial charge in [-0.1, -0.05) is 11.2 Å². The SMILES string of the molecule is Cc1noc(NS(=O)(=O)c2ccc(S(=O)(=O)N(C)C)cc2)c1C1=CCNCC1. The number of nitrogens with zero attached hydrogens (tertiary/aromatic N) is 2. The molecule has 0 aliphatic carbocycles. The zero-order valence-corrected chi connectivity index (χ0v) is 17.4. The highest BCUT2D eigenvalue weighted by Gasteiger charge is 2.25. The minimum atomic E-state index is -3.98. The summed E-state index contributed by atoms with van der Waals surface area (Å²) < 4.78 is 58.5. The van der Waals surface area contributed by atoms with Crippen molar-refractivity contribution >= 4 is 31.5 Å². The van der Waals surface area contributed by atoms with Gasteiger partial charge in [-0.05, 0) is 49.7 Å². The minimum absolute atomic E-state index is 0.00695. The number of sulfonamides is 2. The quantitative estimate of drug-likeness (QED) is 0.716. The number of nitrogens with one attached hydrogen (secondary N) is 2. The average Bonchev–Trinajstić information content (AvgIpc) is 3.02. The molecule has 2 N–H and O–H groups in total. The van der Waals surface area contributed by atoms with Crippen LogP contribution < -0.4 is 10.0 Å². The Kier molecular flexibility index (Phi) is 5.62. The maximum Gasteiger partial charge on any atom is 0.264 e. The minimum Gasteiger partial charge on any atom is -0.337 e. The molecule has 0 unspecified atom stereocenters. The summed E-state index contributed by atoms with van der Waals surface area (Å²) in [5, 5.41) is 7.08. The monoisotopic (exact) mass is 426 g/mol. The highest BCUT2D eigenvalue weighted by Crippen LogP contribution is 2.32. The van der Waals surface area contributed by atoms with E-state index >= 15 is 0 Å². The molecule has 0 saturated carbocycles. The van der Waals surface area contributed by atoms with Crippen molar-refractivity contribution in [3.8, 4) is 0 Å². The number of hydrogen-bond acceptors (Lipinski definition) is 7. The van der Waals surface area contributed by atoms with E-state index in [1.807, 2.05) is 6.08 Å². The van der Waals surface area contributed by atoms with E-state index in [2.05, 4.69) is 15.2 Å². The molecule has 0 saturated heterocycles. The fourth-order valence-corrected chi connectivity index (χ4v) is 4.75. The molecular weight excluding hydrogens is 404 g/mol. The van der Waals surface area contributed by atoms with Crippen molar-refractivity contribution in [2.75, 3.05) is 31.9 Å². The standard InChI is InChI=1S/C17H22N4O5S2/c1-12-16(13-8-10-18-11-9-13)17(26-19-12)20-27(22,23)14-4-6-15(7-5-14)28(24,25)21(2)3/h4-8,18,20H,9-11H2,1-3H3. The number of hydrogen-bond donors (Lipinski definition) is 2. The van der Waals surface area contributed by atoms with E-state index in [1.54, 1.807) is 6.92 Å². The number of rotatable bonds is 6. The Hall–Kier alpha value is -2.21. The lowest BCUT2D eigenvalue weighted by molar-refractivity contribution is 0.430. The van der Waals surface area contributed by atoms with E-state index in [9.17, 15) is 16.8 Å². The fraction of sp³-hybridized carbons (Fsp3) is 0.353. The van der Waals surface area contributed by atoms with Gasteiger partial charge in [-0.25, -0.2) is 25.9 Å². The highest BCUT2D eigenvalue weighted by atomic mass is 32.2. The summed E-state index contributed by atoms with van der Waals surface area (Å²) in [4.78, 5) is -0.0722. The zero-order valence-electron chi connectivity index (χ0n) is 15.8. The predicted molar refractivity (Wildman–Crippen MR) is 105 cm³/mol. The van der Waals surface area contributed by atoms with Crippen molar-refractivity contribution < 1.29 is 21.4 Å². The molecule has 0 amide bonds. The Morgan fingerprint density at radius 3 is 2.32 bits per heavy atom. The van der Waals surface area contributed by atoms with Crippen molar-refractivity contribution in [1.29, 1.82) is 0 Å². The molecule has 9 nitrogen and oxygen atoms in total. The molecule has 1 aliphatic rings. The number of anilines is 1. The van der Waals surface area contributed by atoms with Crippen molar-refractivity contribution in [2.24, 2.45) is 0 Å². The van der Waals surface area contributed by atoms with E-state index in [-0.39, 0.29) is 15.7 Å². The molecule has 2 heterocycles. The van der Waals surface area contributed by atoms with Crippen LogP contribution in [0.1, 0.15) is 17.7 Å². The summed E-state index contributed by atoms with van der Waals surface area (Å²) in [6.07, 6.45) is 2.70. The Morgan fingerprint density at radius 1 is 1.11 bits per heavy atom. The molecule has 28 heavy (non-hydrogen) atoms. The van der Waals surface area contributed by atoms with Gasteiger partial charge in [0, 0.05) is 20.6 Å². The molecule has 0 radical (unpaired) electrons. The largest absolute Gasteiger partial charge is 0.337 e. The van der Waals surface area contributed by atoms with Gasteiger partial charge in [-0.2, -0.15) is 0 Å². The van der Waals surface area contributed by atoms with Crippen molar-refractivity contribution in [3.05, 3.63) is 41.6 Å². The first-order valence-electron chi connectivity index (χ1n) is 8.55. The van der Waals surface area contributed by atoms with Gasteiger partial charge in [-0.3, -0.25) is 0 Å². The Balaban J connectivity index is 1.90. The summed E-state index contributed by atoms with van der Waals surface area (Å²) in [7, 11) is -4.80. The van der Waals surface area contributed by atoms with Crippen LogP contribution in [0.15, 0.2) is 44.7 Å². The third-order valence-electron chi connectivity index (χ3n) is 4.39. The first kappa shape index (κ1) is 20.5. The third kappa shape index (κ3) is 3.97. The summed E-state index contributed by atoms with van der Waals surface area (Å²) in [6.45, 7) is 3.22. The van der Waals surface area contributed by atoms with E-state index < -0.39 is 20.0 Å². The molecule has 1 aromatic heterocycles. The maximum absolute atomic E-state index is 12.8. The van der Waals surface area contributed by atoms with Gasteiger partial charge in [0.15, 0.2) is 0 Å². The molecule has 152 valence electrons. The molecule has 1 aliphatic heterocycles. The molecule has 0 atom stereocenters. The van der Waals surface area contributed by atoms with Gasteiger partial charge >= 0.3 is 0 Å². The van der Waals surface area contributed by atoms with Crippen LogP contribution in [-0.2, 0) is 20.0 Å². The van der Waals surface area contributed by atoms with Crippen molar-refractivity contribution in [3.63, 3.8) is 0 Å². The molecule has 2 aromatic rings. The summed E-state index contributed by atoms with van der Waals surface area (Å²) in [5.74, 6) is 0.0515. The van der Waals surface area contributed by atoms with Gasteiger partial charge in [-0.15, -0.1) is 0 Å². The highest BCUT2D eigenvalue weighted by molar-refractivity contribution is 7.92. The van der Waals surface area contributed by atoms with Crippen LogP contribution in [0.5, 0.6) is 0 Å².